The third-order valence-corrected chi connectivity index (χ3v) is 3.40. The Hall–Kier alpha value is -2.26. The van der Waals surface area contributed by atoms with Crippen molar-refractivity contribution in [1.29, 1.82) is 0 Å². The van der Waals surface area contributed by atoms with Crippen LogP contribution >= 0.6 is 12.4 Å². The number of halogens is 1. The Kier molecular flexibility index (Phi) is 4.34. The molecule has 0 saturated carbocycles. The van der Waals surface area contributed by atoms with E-state index >= 15 is 0 Å². The van der Waals surface area contributed by atoms with Crippen molar-refractivity contribution in [2.45, 2.75) is 6.92 Å². The number of nitrogens with zero attached hydrogens (tertiary/aromatic N) is 1. The lowest BCUT2D eigenvalue weighted by atomic mass is 10.0. The number of methoxy groups -OCH3 is 1. The average molecular weight is 301 g/mol. The molecule has 2 N–H and O–H groups in total. The number of anilines is 1. The maximum absolute atomic E-state index is 6.10. The molecule has 0 amide bonds. The highest BCUT2D eigenvalue weighted by molar-refractivity contribution is 5.94. The number of rotatable bonds is 2. The molecule has 1 heterocycles. The van der Waals surface area contributed by atoms with Crippen molar-refractivity contribution in [2.75, 3.05) is 12.8 Å². The van der Waals surface area contributed by atoms with Gasteiger partial charge in [0.15, 0.2) is 0 Å². The van der Waals surface area contributed by atoms with E-state index in [1.54, 1.807) is 7.11 Å². The Labute approximate surface area is 130 Å². The first kappa shape index (κ1) is 15.1. The zero-order chi connectivity index (χ0) is 14.1. The molecule has 0 atom stereocenters. The normalized spacial score (nSPS) is 10.2. The van der Waals surface area contributed by atoms with E-state index in [1.165, 1.54) is 5.56 Å². The number of aromatic nitrogens is 1. The summed E-state index contributed by atoms with van der Waals surface area (Å²) in [6, 6.07) is 16.1. The van der Waals surface area contributed by atoms with Gasteiger partial charge in [0, 0.05) is 10.9 Å². The fraction of sp³-hybridized carbons (Fsp3) is 0.118. The van der Waals surface area contributed by atoms with Crippen LogP contribution in [0.3, 0.4) is 0 Å². The number of nitrogen functional groups attached to an aromatic ring is 1. The Bertz CT molecular complexity index is 787. The lowest BCUT2D eigenvalue weighted by Crippen LogP contribution is -1.96. The summed E-state index contributed by atoms with van der Waals surface area (Å²) in [6.45, 7) is 2.05. The molecule has 0 spiro atoms. The van der Waals surface area contributed by atoms with Crippen LogP contribution in [0.15, 0.2) is 48.5 Å². The van der Waals surface area contributed by atoms with Gasteiger partial charge in [-0.2, -0.15) is 0 Å². The van der Waals surface area contributed by atoms with Crippen molar-refractivity contribution >= 4 is 29.0 Å². The SMILES string of the molecule is COc1ccccc1-c1cc2ccc(C)cc2c(N)n1.Cl. The van der Waals surface area contributed by atoms with Gasteiger partial charge in [0.2, 0.25) is 0 Å². The number of hydrogen-bond donors (Lipinski definition) is 1. The van der Waals surface area contributed by atoms with Crippen LogP contribution in [0.1, 0.15) is 5.56 Å². The summed E-state index contributed by atoms with van der Waals surface area (Å²) >= 11 is 0. The summed E-state index contributed by atoms with van der Waals surface area (Å²) in [5.74, 6) is 1.35. The number of para-hydroxylation sites is 1. The Balaban J connectivity index is 0.00000161. The van der Waals surface area contributed by atoms with E-state index in [2.05, 4.69) is 23.2 Å². The first-order valence-electron chi connectivity index (χ1n) is 6.49. The molecular formula is C17H17ClN2O. The minimum absolute atomic E-state index is 0. The standard InChI is InChI=1S/C17H16N2O.ClH/c1-11-7-8-12-10-15(19-17(18)14(12)9-11)13-5-3-4-6-16(13)20-2;/h3-10H,1-2H3,(H2,18,19);1H. The zero-order valence-corrected chi connectivity index (χ0v) is 12.8. The van der Waals surface area contributed by atoms with Gasteiger partial charge in [0.05, 0.1) is 12.8 Å². The number of nitrogens with two attached hydrogens (primary N) is 1. The molecule has 21 heavy (non-hydrogen) atoms. The Morgan fingerprint density at radius 1 is 1.05 bits per heavy atom. The molecule has 0 unspecified atom stereocenters. The fourth-order valence-corrected chi connectivity index (χ4v) is 2.38. The second-order valence-corrected chi connectivity index (χ2v) is 4.82. The first-order chi connectivity index (χ1) is 9.69. The Morgan fingerprint density at radius 2 is 1.81 bits per heavy atom. The highest BCUT2D eigenvalue weighted by Crippen LogP contribution is 2.32. The second kappa shape index (κ2) is 6.02. The molecule has 0 bridgehead atoms. The lowest BCUT2D eigenvalue weighted by molar-refractivity contribution is 0.416. The topological polar surface area (TPSA) is 48.1 Å². The van der Waals surface area contributed by atoms with Gasteiger partial charge in [0.25, 0.3) is 0 Å². The van der Waals surface area contributed by atoms with Crippen LogP contribution in [0.4, 0.5) is 5.82 Å². The van der Waals surface area contributed by atoms with E-state index in [0.717, 1.165) is 27.8 Å². The summed E-state index contributed by atoms with van der Waals surface area (Å²) in [5, 5.41) is 2.08. The second-order valence-electron chi connectivity index (χ2n) is 4.82. The summed E-state index contributed by atoms with van der Waals surface area (Å²) in [6.07, 6.45) is 0. The van der Waals surface area contributed by atoms with Gasteiger partial charge in [-0.3, -0.25) is 0 Å². The van der Waals surface area contributed by atoms with Crippen molar-refractivity contribution in [1.82, 2.24) is 4.98 Å². The molecule has 1 aromatic heterocycles. The van der Waals surface area contributed by atoms with Crippen LogP contribution in [-0.4, -0.2) is 12.1 Å². The van der Waals surface area contributed by atoms with Gasteiger partial charge in [-0.1, -0.05) is 29.8 Å². The summed E-state index contributed by atoms with van der Waals surface area (Å²) in [4.78, 5) is 4.52. The molecule has 3 aromatic rings. The number of fused-ring (bicyclic) bond motifs is 1. The van der Waals surface area contributed by atoms with E-state index in [9.17, 15) is 0 Å². The highest BCUT2D eigenvalue weighted by Gasteiger charge is 2.09. The number of benzene rings is 2. The van der Waals surface area contributed by atoms with E-state index in [4.69, 9.17) is 10.5 Å². The zero-order valence-electron chi connectivity index (χ0n) is 12.0. The van der Waals surface area contributed by atoms with Crippen LogP contribution in [-0.2, 0) is 0 Å². The third-order valence-electron chi connectivity index (χ3n) is 3.40. The largest absolute Gasteiger partial charge is 0.496 e. The summed E-state index contributed by atoms with van der Waals surface area (Å²) in [7, 11) is 1.66. The molecule has 0 saturated heterocycles. The van der Waals surface area contributed by atoms with Gasteiger partial charge in [-0.15, -0.1) is 12.4 Å². The van der Waals surface area contributed by atoms with Crippen LogP contribution < -0.4 is 10.5 Å². The molecule has 0 aliphatic heterocycles. The van der Waals surface area contributed by atoms with Crippen LogP contribution in [0, 0.1) is 6.92 Å². The molecule has 0 radical (unpaired) electrons. The van der Waals surface area contributed by atoms with E-state index < -0.39 is 0 Å². The van der Waals surface area contributed by atoms with Crippen molar-refractivity contribution < 1.29 is 4.74 Å². The first-order valence-corrected chi connectivity index (χ1v) is 6.49. The van der Waals surface area contributed by atoms with E-state index in [1.807, 2.05) is 37.3 Å². The lowest BCUT2D eigenvalue weighted by Gasteiger charge is -2.10. The van der Waals surface area contributed by atoms with Crippen LogP contribution in [0.5, 0.6) is 5.75 Å². The van der Waals surface area contributed by atoms with Gasteiger partial charge >= 0.3 is 0 Å². The van der Waals surface area contributed by atoms with E-state index in [0.29, 0.717) is 5.82 Å². The van der Waals surface area contributed by atoms with E-state index in [-0.39, 0.29) is 12.4 Å². The molecule has 0 aliphatic carbocycles. The van der Waals surface area contributed by atoms with Crippen molar-refractivity contribution in [3.8, 4) is 17.0 Å². The quantitative estimate of drug-likeness (QED) is 0.770. The number of hydrogen-bond acceptors (Lipinski definition) is 3. The highest BCUT2D eigenvalue weighted by atomic mass is 35.5. The van der Waals surface area contributed by atoms with Gasteiger partial charge in [-0.25, -0.2) is 4.98 Å². The minimum atomic E-state index is 0. The monoisotopic (exact) mass is 300 g/mol. The van der Waals surface area contributed by atoms with Gasteiger partial charge in [0.1, 0.15) is 11.6 Å². The smallest absolute Gasteiger partial charge is 0.131 e. The van der Waals surface area contributed by atoms with Crippen LogP contribution in [0.2, 0.25) is 0 Å². The Morgan fingerprint density at radius 3 is 2.57 bits per heavy atom. The van der Waals surface area contributed by atoms with Crippen molar-refractivity contribution in [2.24, 2.45) is 0 Å². The molecular weight excluding hydrogens is 284 g/mol. The van der Waals surface area contributed by atoms with Gasteiger partial charge < -0.3 is 10.5 Å². The number of ether oxygens (including phenoxy) is 1. The minimum Gasteiger partial charge on any atom is -0.496 e. The molecule has 0 fully saturated rings. The third kappa shape index (κ3) is 2.78. The molecule has 0 aliphatic rings. The molecule has 4 heteroatoms. The summed E-state index contributed by atoms with van der Waals surface area (Å²) < 4.78 is 5.39. The average Bonchev–Trinajstić information content (AvgIpc) is 2.47. The van der Waals surface area contributed by atoms with Crippen molar-refractivity contribution in [3.63, 3.8) is 0 Å². The van der Waals surface area contributed by atoms with Crippen molar-refractivity contribution in [3.05, 3.63) is 54.1 Å². The molecule has 3 rings (SSSR count). The predicted octanol–water partition coefficient (Wildman–Crippen LogP) is 4.22. The number of pyridine rings is 1. The summed E-state index contributed by atoms with van der Waals surface area (Å²) in [5.41, 5.74) is 9.06. The van der Waals surface area contributed by atoms with Gasteiger partial charge in [-0.05, 0) is 36.6 Å². The maximum atomic E-state index is 6.10. The molecule has 2 aromatic carbocycles. The fourth-order valence-electron chi connectivity index (χ4n) is 2.38. The number of aryl methyl sites for hydroxylation is 1. The van der Waals surface area contributed by atoms with Crippen LogP contribution in [0.25, 0.3) is 22.0 Å². The maximum Gasteiger partial charge on any atom is 0.131 e. The predicted molar refractivity (Wildman–Crippen MR) is 90.1 cm³/mol. The molecule has 108 valence electrons. The molecule has 3 nitrogen and oxygen atoms in total.